The normalized spacial score (nSPS) is 14.1. The fraction of sp³-hybridized carbons (Fsp3) is 0.360. The highest BCUT2D eigenvalue weighted by molar-refractivity contribution is 7.57. The molecule has 5 N–H and O–H groups in total. The van der Waals surface area contributed by atoms with Crippen molar-refractivity contribution in [2.75, 3.05) is 12.1 Å². The van der Waals surface area contributed by atoms with Crippen LogP contribution in [-0.4, -0.2) is 72.2 Å². The van der Waals surface area contributed by atoms with Gasteiger partial charge in [-0.1, -0.05) is 18.2 Å². The molecule has 0 aliphatic heterocycles. The summed E-state index contributed by atoms with van der Waals surface area (Å²) < 4.78 is 32.2. The van der Waals surface area contributed by atoms with Crippen molar-refractivity contribution in [1.82, 2.24) is 24.6 Å². The maximum absolute atomic E-state index is 13.6. The SMILES string of the molecule is CC(C)OC(=O)[C@H](C)NP(=O)(CO[C@@H](C)Cn1cnc2c(N)ncnc21)Oc1ccccc1.O=C(O)/C=C/C(=O)O. The van der Waals surface area contributed by atoms with Gasteiger partial charge in [-0.2, -0.15) is 0 Å². The Morgan fingerprint density at radius 2 is 1.68 bits per heavy atom. The predicted octanol–water partition coefficient (Wildman–Crippen LogP) is 2.68. The Balaban J connectivity index is 0.000000642. The summed E-state index contributed by atoms with van der Waals surface area (Å²) >= 11 is 0. The maximum Gasteiger partial charge on any atom is 0.342 e. The number of nitrogens with two attached hydrogens (primary N) is 1. The highest BCUT2D eigenvalue weighted by atomic mass is 31.2. The molecule has 0 amide bonds. The number of imidazole rings is 1. The second-order valence-electron chi connectivity index (χ2n) is 8.86. The molecule has 2 heterocycles. The molecule has 3 rings (SSSR count). The van der Waals surface area contributed by atoms with E-state index in [1.807, 2.05) is 13.0 Å². The van der Waals surface area contributed by atoms with Crippen molar-refractivity contribution < 1.29 is 43.2 Å². The number of nitrogens with zero attached hydrogens (tertiary/aromatic N) is 4. The Morgan fingerprint density at radius 3 is 2.27 bits per heavy atom. The number of nitrogen functional groups attached to an aromatic ring is 1. The molecule has 0 saturated heterocycles. The number of hydrogen-bond donors (Lipinski definition) is 4. The van der Waals surface area contributed by atoms with Gasteiger partial charge in [0.15, 0.2) is 11.5 Å². The van der Waals surface area contributed by atoms with E-state index in [1.165, 1.54) is 6.33 Å². The van der Waals surface area contributed by atoms with Crippen LogP contribution in [0, 0.1) is 0 Å². The van der Waals surface area contributed by atoms with E-state index in [1.54, 1.807) is 55.9 Å². The maximum atomic E-state index is 13.6. The number of rotatable bonds is 13. The van der Waals surface area contributed by atoms with Crippen LogP contribution in [-0.2, 0) is 35.0 Å². The second kappa shape index (κ2) is 15.5. The van der Waals surface area contributed by atoms with Gasteiger partial charge in [0, 0.05) is 12.2 Å². The number of hydrogen-bond acceptors (Lipinski definition) is 11. The molecule has 16 heteroatoms. The fourth-order valence-corrected chi connectivity index (χ4v) is 4.94. The molecule has 1 aromatic carbocycles. The average Bonchev–Trinajstić information content (AvgIpc) is 3.30. The summed E-state index contributed by atoms with van der Waals surface area (Å²) in [6.07, 6.45) is 3.13. The standard InChI is InChI=1S/C21H29N6O5P.C4H4O4/c1-14(2)31-21(28)16(4)26-33(29,32-17-8-6-5-7-9-17)13-30-15(3)10-27-12-25-18-19(22)23-11-24-20(18)27;5-3(6)1-2-4(7)8/h5-9,11-12,14-16H,10,13H2,1-4H3,(H,26,29)(H2,22,23,24);1-2H,(H,5,6)(H,7,8)/b;2-1+/t15-,16-,33?;/m0./s1. The van der Waals surface area contributed by atoms with Crippen molar-refractivity contribution in [3.8, 4) is 5.75 Å². The summed E-state index contributed by atoms with van der Waals surface area (Å²) in [4.78, 5) is 43.7. The molecule has 3 atom stereocenters. The first-order valence-electron chi connectivity index (χ1n) is 12.3. The van der Waals surface area contributed by atoms with Gasteiger partial charge in [0.1, 0.15) is 30.0 Å². The summed E-state index contributed by atoms with van der Waals surface area (Å²) in [5.74, 6) is -2.36. The minimum absolute atomic E-state index is 0.272. The Bertz CT molecular complexity index is 1380. The minimum atomic E-state index is -3.64. The van der Waals surface area contributed by atoms with Crippen LogP contribution in [0.5, 0.6) is 5.75 Å². The number of carboxylic acid groups (broad SMARTS) is 2. The van der Waals surface area contributed by atoms with Crippen molar-refractivity contribution in [3.05, 3.63) is 55.1 Å². The van der Waals surface area contributed by atoms with Crippen LogP contribution in [0.25, 0.3) is 11.2 Å². The van der Waals surface area contributed by atoms with Gasteiger partial charge < -0.3 is 34.5 Å². The van der Waals surface area contributed by atoms with Crippen LogP contribution in [0.3, 0.4) is 0 Å². The molecule has 0 saturated carbocycles. The zero-order chi connectivity index (χ0) is 30.6. The third kappa shape index (κ3) is 11.4. The number of aliphatic carboxylic acids is 2. The van der Waals surface area contributed by atoms with Crippen LogP contribution < -0.4 is 15.3 Å². The topological polar surface area (TPSA) is 218 Å². The number of ether oxygens (including phenoxy) is 2. The molecule has 0 fully saturated rings. The number of benzene rings is 1. The van der Waals surface area contributed by atoms with Gasteiger partial charge in [0.05, 0.1) is 25.1 Å². The van der Waals surface area contributed by atoms with Gasteiger partial charge in [0.25, 0.3) is 0 Å². The van der Waals surface area contributed by atoms with E-state index in [4.69, 9.17) is 29.9 Å². The van der Waals surface area contributed by atoms with Gasteiger partial charge >= 0.3 is 25.4 Å². The lowest BCUT2D eigenvalue weighted by Crippen LogP contribution is -2.37. The van der Waals surface area contributed by atoms with E-state index in [9.17, 15) is 18.9 Å². The third-order valence-corrected chi connectivity index (χ3v) is 6.65. The number of anilines is 1. The van der Waals surface area contributed by atoms with Crippen molar-refractivity contribution >= 4 is 42.4 Å². The molecule has 2 aromatic heterocycles. The Kier molecular flexibility index (Phi) is 12.4. The van der Waals surface area contributed by atoms with Gasteiger partial charge in [-0.25, -0.2) is 29.6 Å². The summed E-state index contributed by atoms with van der Waals surface area (Å²) in [7, 11) is -3.64. The van der Waals surface area contributed by atoms with Crippen molar-refractivity contribution in [2.45, 2.75) is 52.5 Å². The predicted molar refractivity (Wildman–Crippen MR) is 148 cm³/mol. The van der Waals surface area contributed by atoms with Crippen molar-refractivity contribution in [2.24, 2.45) is 0 Å². The summed E-state index contributed by atoms with van der Waals surface area (Å²) in [5, 5.41) is 18.4. The van der Waals surface area contributed by atoms with E-state index >= 15 is 0 Å². The summed E-state index contributed by atoms with van der Waals surface area (Å²) in [5.41, 5.74) is 6.91. The van der Waals surface area contributed by atoms with E-state index in [0.29, 0.717) is 41.4 Å². The number of carbonyl (C=O) groups is 3. The van der Waals surface area contributed by atoms with Gasteiger partial charge in [-0.3, -0.25) is 9.36 Å². The van der Waals surface area contributed by atoms with Gasteiger partial charge in [-0.15, -0.1) is 0 Å². The van der Waals surface area contributed by atoms with Crippen LogP contribution in [0.1, 0.15) is 27.7 Å². The van der Waals surface area contributed by atoms with E-state index in [2.05, 4.69) is 20.0 Å². The Hall–Kier alpha value is -4.33. The first kappa shape index (κ1) is 32.9. The zero-order valence-electron chi connectivity index (χ0n) is 22.9. The molecule has 1 unspecified atom stereocenters. The molecule has 0 aliphatic rings. The fourth-order valence-electron chi connectivity index (χ4n) is 3.15. The molecule has 41 heavy (non-hydrogen) atoms. The Labute approximate surface area is 235 Å². The molecule has 15 nitrogen and oxygen atoms in total. The molecule has 222 valence electrons. The second-order valence-corrected chi connectivity index (χ2v) is 10.9. The quantitative estimate of drug-likeness (QED) is 0.127. The number of para-hydroxylation sites is 1. The van der Waals surface area contributed by atoms with Crippen LogP contribution in [0.15, 0.2) is 55.1 Å². The molecule has 0 radical (unpaired) electrons. The third-order valence-electron chi connectivity index (χ3n) is 4.87. The van der Waals surface area contributed by atoms with E-state index < -0.39 is 31.5 Å². The van der Waals surface area contributed by atoms with Crippen molar-refractivity contribution in [1.29, 1.82) is 0 Å². The van der Waals surface area contributed by atoms with E-state index in [-0.39, 0.29) is 18.6 Å². The molecule has 0 bridgehead atoms. The van der Waals surface area contributed by atoms with Gasteiger partial charge in [-0.05, 0) is 39.8 Å². The van der Waals surface area contributed by atoms with Crippen LogP contribution in [0.4, 0.5) is 5.82 Å². The number of carboxylic acids is 2. The largest absolute Gasteiger partial charge is 0.478 e. The molecule has 3 aromatic rings. The summed E-state index contributed by atoms with van der Waals surface area (Å²) in [6, 6.07) is 7.83. The zero-order valence-corrected chi connectivity index (χ0v) is 23.8. The van der Waals surface area contributed by atoms with Crippen molar-refractivity contribution in [3.63, 3.8) is 0 Å². The number of fused-ring (bicyclic) bond motifs is 1. The average molecular weight is 593 g/mol. The molecule has 0 spiro atoms. The number of carbonyl (C=O) groups excluding carboxylic acids is 1. The highest BCUT2D eigenvalue weighted by Gasteiger charge is 2.32. The van der Waals surface area contributed by atoms with Crippen LogP contribution in [0.2, 0.25) is 0 Å². The minimum Gasteiger partial charge on any atom is -0.478 e. The molecular formula is C25H33N6O9P. The van der Waals surface area contributed by atoms with Gasteiger partial charge in [0.2, 0.25) is 0 Å². The lowest BCUT2D eigenvalue weighted by molar-refractivity contribution is -0.149. The monoisotopic (exact) mass is 592 g/mol. The van der Waals surface area contributed by atoms with E-state index in [0.717, 1.165) is 0 Å². The first-order chi connectivity index (χ1) is 19.3. The molecule has 0 aliphatic carbocycles. The lowest BCUT2D eigenvalue weighted by Gasteiger charge is -2.25. The first-order valence-corrected chi connectivity index (χ1v) is 14.1. The number of nitrogens with one attached hydrogen (secondary N) is 1. The number of aromatic nitrogens is 4. The number of esters is 1. The lowest BCUT2D eigenvalue weighted by atomic mass is 10.3. The molecular weight excluding hydrogens is 559 g/mol. The summed E-state index contributed by atoms with van der Waals surface area (Å²) in [6.45, 7) is 7.25. The van der Waals surface area contributed by atoms with Crippen LogP contribution >= 0.6 is 7.52 Å². The smallest absolute Gasteiger partial charge is 0.342 e. The highest BCUT2D eigenvalue weighted by Crippen LogP contribution is 2.44. The Morgan fingerprint density at radius 1 is 1.05 bits per heavy atom.